The third kappa shape index (κ3) is 5.16. The van der Waals surface area contributed by atoms with E-state index >= 15 is 0 Å². The van der Waals surface area contributed by atoms with Crippen LogP contribution in [0.3, 0.4) is 0 Å². The molecule has 0 bridgehead atoms. The van der Waals surface area contributed by atoms with Gasteiger partial charge in [-0.15, -0.1) is 0 Å². The highest BCUT2D eigenvalue weighted by atomic mass is 35.5. The molecule has 2 aromatic rings. The molecule has 0 atom stereocenters. The smallest absolute Gasteiger partial charge is 0.257 e. The Kier molecular flexibility index (Phi) is 6.64. The number of benzene rings is 2. The van der Waals surface area contributed by atoms with Crippen LogP contribution in [-0.4, -0.2) is 32.3 Å². The summed E-state index contributed by atoms with van der Waals surface area (Å²) in [6.45, 7) is 3.77. The number of amides is 1. The molecule has 0 saturated carbocycles. The van der Waals surface area contributed by atoms with Gasteiger partial charge in [-0.3, -0.25) is 4.79 Å². The van der Waals surface area contributed by atoms with Gasteiger partial charge < -0.3 is 14.8 Å². The van der Waals surface area contributed by atoms with Crippen molar-refractivity contribution in [2.24, 2.45) is 0 Å². The van der Waals surface area contributed by atoms with Gasteiger partial charge >= 0.3 is 0 Å². The van der Waals surface area contributed by atoms with Gasteiger partial charge in [0.05, 0.1) is 0 Å². The number of nitrogens with one attached hydrogen (secondary N) is 1. The fraction of sp³-hybridized carbons (Fsp3) is 0.381. The molecule has 1 aliphatic rings. The van der Waals surface area contributed by atoms with Gasteiger partial charge in [-0.25, -0.2) is 0 Å². The molecule has 1 heterocycles. The third-order valence-electron chi connectivity index (χ3n) is 5.03. The lowest BCUT2D eigenvalue weighted by Crippen LogP contribution is -2.45. The van der Waals surface area contributed by atoms with E-state index in [-0.39, 0.29) is 17.9 Å². The summed E-state index contributed by atoms with van der Waals surface area (Å²) in [7, 11) is 0. The molecule has 1 N–H and O–H groups in total. The first-order valence-corrected chi connectivity index (χ1v) is 9.74. The molecular weight excluding hydrogens is 385 g/mol. The number of hydrogen-bond acceptors (Lipinski definition) is 3. The Morgan fingerprint density at radius 3 is 2.44 bits per heavy atom. The maximum absolute atomic E-state index is 12.4. The standard InChI is InChI=1S/C21H23Cl2NO3/c1-15-12-18(23)6-7-19(15)27-13-20(25)24-14-21(8-10-26-11-9-21)16-2-4-17(22)5-3-16/h2-7,12H,8-11,13-14H2,1H3,(H,24,25). The summed E-state index contributed by atoms with van der Waals surface area (Å²) in [5.41, 5.74) is 1.93. The number of halogens is 2. The number of rotatable bonds is 6. The second-order valence-electron chi connectivity index (χ2n) is 6.87. The average molecular weight is 408 g/mol. The van der Waals surface area contributed by atoms with E-state index in [4.69, 9.17) is 32.7 Å². The number of aryl methyl sites for hydroxylation is 1. The van der Waals surface area contributed by atoms with Crippen molar-refractivity contribution in [3.63, 3.8) is 0 Å². The van der Waals surface area contributed by atoms with Crippen LogP contribution in [-0.2, 0) is 14.9 Å². The summed E-state index contributed by atoms with van der Waals surface area (Å²) in [5, 5.41) is 4.38. The van der Waals surface area contributed by atoms with Crippen molar-refractivity contribution < 1.29 is 14.3 Å². The first-order chi connectivity index (χ1) is 13.0. The third-order valence-corrected chi connectivity index (χ3v) is 5.51. The zero-order valence-corrected chi connectivity index (χ0v) is 16.8. The lowest BCUT2D eigenvalue weighted by Gasteiger charge is -2.38. The molecule has 6 heteroatoms. The normalized spacial score (nSPS) is 16.0. The van der Waals surface area contributed by atoms with E-state index in [2.05, 4.69) is 5.32 Å². The van der Waals surface area contributed by atoms with Crippen LogP contribution in [0.4, 0.5) is 0 Å². The van der Waals surface area contributed by atoms with Gasteiger partial charge in [0.1, 0.15) is 5.75 Å². The first-order valence-electron chi connectivity index (χ1n) is 8.98. The number of carbonyl (C=O) groups is 1. The highest BCUT2D eigenvalue weighted by Crippen LogP contribution is 2.35. The average Bonchev–Trinajstić information content (AvgIpc) is 2.67. The van der Waals surface area contributed by atoms with Crippen molar-refractivity contribution in [2.45, 2.75) is 25.2 Å². The predicted molar refractivity (Wildman–Crippen MR) is 108 cm³/mol. The van der Waals surface area contributed by atoms with Crippen molar-refractivity contribution in [1.82, 2.24) is 5.32 Å². The van der Waals surface area contributed by atoms with Crippen LogP contribution in [0.25, 0.3) is 0 Å². The Bertz CT molecular complexity index is 787. The zero-order valence-electron chi connectivity index (χ0n) is 15.3. The fourth-order valence-corrected chi connectivity index (χ4v) is 3.72. The van der Waals surface area contributed by atoms with Crippen molar-refractivity contribution in [2.75, 3.05) is 26.4 Å². The largest absolute Gasteiger partial charge is 0.484 e. The van der Waals surface area contributed by atoms with Crippen LogP contribution in [0.2, 0.25) is 10.0 Å². The molecule has 4 nitrogen and oxygen atoms in total. The summed E-state index contributed by atoms with van der Waals surface area (Å²) in [5.74, 6) is 0.511. The molecule has 2 aromatic carbocycles. The van der Waals surface area contributed by atoms with Crippen LogP contribution >= 0.6 is 23.2 Å². The molecule has 27 heavy (non-hydrogen) atoms. The van der Waals surface area contributed by atoms with E-state index in [9.17, 15) is 4.79 Å². The minimum absolute atomic E-state index is 0.0321. The van der Waals surface area contributed by atoms with Crippen LogP contribution in [0.5, 0.6) is 5.75 Å². The SMILES string of the molecule is Cc1cc(Cl)ccc1OCC(=O)NCC1(c2ccc(Cl)cc2)CCOCC1. The lowest BCUT2D eigenvalue weighted by atomic mass is 9.74. The van der Waals surface area contributed by atoms with Crippen LogP contribution in [0.1, 0.15) is 24.0 Å². The summed E-state index contributed by atoms with van der Waals surface area (Å²) >= 11 is 12.0. The van der Waals surface area contributed by atoms with Crippen LogP contribution in [0.15, 0.2) is 42.5 Å². The molecular formula is C21H23Cl2NO3. The maximum atomic E-state index is 12.4. The van der Waals surface area contributed by atoms with Crippen LogP contribution in [0, 0.1) is 6.92 Å². The van der Waals surface area contributed by atoms with Crippen molar-refractivity contribution >= 4 is 29.1 Å². The number of hydrogen-bond donors (Lipinski definition) is 1. The van der Waals surface area contributed by atoms with Gasteiger partial charge in [0.15, 0.2) is 6.61 Å². The second kappa shape index (κ2) is 8.96. The number of carbonyl (C=O) groups excluding carboxylic acids is 1. The van der Waals surface area contributed by atoms with Crippen molar-refractivity contribution in [1.29, 1.82) is 0 Å². The van der Waals surface area contributed by atoms with Gasteiger partial charge in [0, 0.05) is 35.2 Å². The van der Waals surface area contributed by atoms with Crippen molar-refractivity contribution in [3.8, 4) is 5.75 Å². The lowest BCUT2D eigenvalue weighted by molar-refractivity contribution is -0.123. The van der Waals surface area contributed by atoms with Gasteiger partial charge in [-0.2, -0.15) is 0 Å². The van der Waals surface area contributed by atoms with E-state index in [0.717, 1.165) is 18.4 Å². The Hall–Kier alpha value is -1.75. The molecule has 3 rings (SSSR count). The minimum Gasteiger partial charge on any atom is -0.484 e. The summed E-state index contributed by atoms with van der Waals surface area (Å²) in [4.78, 5) is 12.4. The van der Waals surface area contributed by atoms with E-state index in [1.54, 1.807) is 12.1 Å². The number of ether oxygens (including phenoxy) is 2. The molecule has 1 aliphatic heterocycles. The first kappa shape index (κ1) is 20.0. The zero-order chi connectivity index (χ0) is 19.3. The van der Waals surface area contributed by atoms with E-state index in [1.807, 2.05) is 37.3 Å². The molecule has 144 valence electrons. The molecule has 1 amide bonds. The molecule has 1 fully saturated rings. The molecule has 0 spiro atoms. The van der Waals surface area contributed by atoms with E-state index in [0.29, 0.717) is 35.6 Å². The van der Waals surface area contributed by atoms with E-state index < -0.39 is 0 Å². The van der Waals surface area contributed by atoms with E-state index in [1.165, 1.54) is 5.56 Å². The summed E-state index contributed by atoms with van der Waals surface area (Å²) in [6, 6.07) is 13.2. The topological polar surface area (TPSA) is 47.6 Å². The molecule has 0 aromatic heterocycles. The maximum Gasteiger partial charge on any atom is 0.257 e. The Morgan fingerprint density at radius 2 is 1.78 bits per heavy atom. The summed E-state index contributed by atoms with van der Waals surface area (Å²) < 4.78 is 11.2. The Labute approximate surface area is 169 Å². The fourth-order valence-electron chi connectivity index (χ4n) is 3.37. The molecule has 0 unspecified atom stereocenters. The highest BCUT2D eigenvalue weighted by molar-refractivity contribution is 6.30. The Morgan fingerprint density at radius 1 is 1.11 bits per heavy atom. The van der Waals surface area contributed by atoms with Crippen LogP contribution < -0.4 is 10.1 Å². The molecule has 0 radical (unpaired) electrons. The van der Waals surface area contributed by atoms with Crippen molar-refractivity contribution in [3.05, 3.63) is 63.6 Å². The van der Waals surface area contributed by atoms with Gasteiger partial charge in [-0.1, -0.05) is 35.3 Å². The van der Waals surface area contributed by atoms with Gasteiger partial charge in [0.25, 0.3) is 5.91 Å². The molecule has 0 aliphatic carbocycles. The minimum atomic E-state index is -0.149. The van der Waals surface area contributed by atoms with Gasteiger partial charge in [-0.05, 0) is 61.2 Å². The highest BCUT2D eigenvalue weighted by Gasteiger charge is 2.34. The second-order valence-corrected chi connectivity index (χ2v) is 7.75. The monoisotopic (exact) mass is 407 g/mol. The Balaban J connectivity index is 1.61. The summed E-state index contributed by atoms with van der Waals surface area (Å²) in [6.07, 6.45) is 1.71. The quantitative estimate of drug-likeness (QED) is 0.763. The predicted octanol–water partition coefficient (Wildman–Crippen LogP) is 4.55. The van der Waals surface area contributed by atoms with Gasteiger partial charge in [0.2, 0.25) is 0 Å². The molecule has 1 saturated heterocycles.